The third-order valence-corrected chi connectivity index (χ3v) is 4.55. The van der Waals surface area contributed by atoms with Gasteiger partial charge in [-0.15, -0.1) is 0 Å². The van der Waals surface area contributed by atoms with Gasteiger partial charge in [0.1, 0.15) is 5.82 Å². The summed E-state index contributed by atoms with van der Waals surface area (Å²) in [5.41, 5.74) is -0.229. The molecule has 1 unspecified atom stereocenters. The van der Waals surface area contributed by atoms with Gasteiger partial charge in [0.25, 0.3) is 0 Å². The van der Waals surface area contributed by atoms with Crippen LogP contribution in [0.2, 0.25) is 0 Å². The Hall–Kier alpha value is -1.69. The molecule has 1 atom stereocenters. The van der Waals surface area contributed by atoms with Crippen molar-refractivity contribution >= 4 is 11.7 Å². The van der Waals surface area contributed by atoms with Crippen LogP contribution in [-0.2, 0) is 4.79 Å². The second-order valence-corrected chi connectivity index (χ2v) is 6.18. The molecule has 6 heteroatoms. The topological polar surface area (TPSA) is 61.4 Å². The minimum atomic E-state index is -0.229. The fraction of sp³-hybridized carbons (Fsp3) is 0.667. The van der Waals surface area contributed by atoms with E-state index >= 15 is 0 Å². The number of aromatic nitrogens is 2. The minimum absolute atomic E-state index is 0.229. The number of anilines is 1. The summed E-state index contributed by atoms with van der Waals surface area (Å²) in [6.45, 7) is 7.12. The summed E-state index contributed by atoms with van der Waals surface area (Å²) >= 11 is 0. The number of nitrogens with one attached hydrogen (secondary N) is 1. The summed E-state index contributed by atoms with van der Waals surface area (Å²) in [5.74, 6) is 1.20. The van der Waals surface area contributed by atoms with Crippen molar-refractivity contribution in [3.05, 3.63) is 18.6 Å². The highest BCUT2D eigenvalue weighted by Gasteiger charge is 2.38. The molecule has 3 rings (SSSR count). The van der Waals surface area contributed by atoms with E-state index in [0.29, 0.717) is 5.91 Å². The highest BCUT2D eigenvalue weighted by molar-refractivity contribution is 5.83. The number of piperidine rings is 1. The Labute approximate surface area is 125 Å². The molecule has 0 saturated carbocycles. The van der Waals surface area contributed by atoms with Gasteiger partial charge in [-0.2, -0.15) is 0 Å². The molecule has 0 spiro atoms. The van der Waals surface area contributed by atoms with Crippen molar-refractivity contribution in [2.45, 2.75) is 19.8 Å². The molecule has 0 bridgehead atoms. The van der Waals surface area contributed by atoms with E-state index < -0.39 is 0 Å². The van der Waals surface area contributed by atoms with Crippen LogP contribution in [0.25, 0.3) is 0 Å². The smallest absolute Gasteiger partial charge is 0.229 e. The summed E-state index contributed by atoms with van der Waals surface area (Å²) in [6.07, 6.45) is 7.25. The average Bonchev–Trinajstić information content (AvgIpc) is 2.56. The van der Waals surface area contributed by atoms with E-state index in [4.69, 9.17) is 0 Å². The fourth-order valence-electron chi connectivity index (χ4n) is 3.21. The number of carbonyl (C=O) groups is 1. The summed E-state index contributed by atoms with van der Waals surface area (Å²) in [7, 11) is 0. The van der Waals surface area contributed by atoms with Crippen molar-refractivity contribution in [2.75, 3.05) is 44.2 Å². The quantitative estimate of drug-likeness (QED) is 0.860. The zero-order chi connectivity index (χ0) is 14.7. The van der Waals surface area contributed by atoms with Crippen molar-refractivity contribution in [2.24, 2.45) is 5.41 Å². The molecule has 1 N–H and O–H groups in total. The molecule has 6 nitrogen and oxygen atoms in total. The van der Waals surface area contributed by atoms with Crippen molar-refractivity contribution in [3.63, 3.8) is 0 Å². The Bertz CT molecular complexity index is 478. The van der Waals surface area contributed by atoms with Crippen molar-refractivity contribution < 1.29 is 4.79 Å². The third-order valence-electron chi connectivity index (χ3n) is 4.55. The molecule has 3 heterocycles. The van der Waals surface area contributed by atoms with Crippen LogP contribution in [0.1, 0.15) is 19.8 Å². The Kier molecular flexibility index (Phi) is 4.05. The van der Waals surface area contributed by atoms with Crippen LogP contribution in [0.3, 0.4) is 0 Å². The molecule has 2 aliphatic rings. The van der Waals surface area contributed by atoms with Crippen LogP contribution >= 0.6 is 0 Å². The molecular formula is C15H23N5O. The predicted octanol–water partition coefficient (Wildman–Crippen LogP) is 0.515. The third kappa shape index (κ3) is 3.00. The van der Waals surface area contributed by atoms with Gasteiger partial charge in [0.2, 0.25) is 5.91 Å². The molecule has 2 saturated heterocycles. The van der Waals surface area contributed by atoms with Crippen molar-refractivity contribution in [3.8, 4) is 0 Å². The van der Waals surface area contributed by atoms with Crippen LogP contribution in [-0.4, -0.2) is 60.0 Å². The van der Waals surface area contributed by atoms with Gasteiger partial charge in [-0.25, -0.2) is 4.98 Å². The number of rotatable bonds is 2. The van der Waals surface area contributed by atoms with E-state index in [9.17, 15) is 4.79 Å². The SMILES string of the molecule is CC1(C(=O)N2CCN(c3cnccn3)CC2)CCCNC1. The van der Waals surface area contributed by atoms with Gasteiger partial charge in [-0.3, -0.25) is 9.78 Å². The molecular weight excluding hydrogens is 266 g/mol. The zero-order valence-electron chi connectivity index (χ0n) is 12.6. The molecule has 2 aliphatic heterocycles. The first-order valence-corrected chi connectivity index (χ1v) is 7.70. The van der Waals surface area contributed by atoms with Crippen molar-refractivity contribution in [1.82, 2.24) is 20.2 Å². The van der Waals surface area contributed by atoms with Gasteiger partial charge in [0.05, 0.1) is 11.6 Å². The van der Waals surface area contributed by atoms with Crippen LogP contribution in [0.15, 0.2) is 18.6 Å². The van der Waals surface area contributed by atoms with Gasteiger partial charge in [-0.05, 0) is 26.3 Å². The normalized spacial score (nSPS) is 26.7. The Morgan fingerprint density at radius 2 is 2.10 bits per heavy atom. The molecule has 21 heavy (non-hydrogen) atoms. The lowest BCUT2D eigenvalue weighted by molar-refractivity contribution is -0.142. The van der Waals surface area contributed by atoms with Crippen LogP contribution in [0.5, 0.6) is 0 Å². The Balaban J connectivity index is 1.59. The monoisotopic (exact) mass is 289 g/mol. The van der Waals surface area contributed by atoms with Crippen LogP contribution < -0.4 is 10.2 Å². The number of piperazine rings is 1. The van der Waals surface area contributed by atoms with E-state index in [1.165, 1.54) is 0 Å². The van der Waals surface area contributed by atoms with E-state index in [0.717, 1.165) is 57.9 Å². The van der Waals surface area contributed by atoms with Gasteiger partial charge in [0, 0.05) is 45.1 Å². The van der Waals surface area contributed by atoms with E-state index in [1.54, 1.807) is 18.6 Å². The lowest BCUT2D eigenvalue weighted by atomic mass is 9.81. The average molecular weight is 289 g/mol. The van der Waals surface area contributed by atoms with Gasteiger partial charge in [-0.1, -0.05) is 0 Å². The predicted molar refractivity (Wildman–Crippen MR) is 81.0 cm³/mol. The van der Waals surface area contributed by atoms with Gasteiger partial charge in [0.15, 0.2) is 0 Å². The molecule has 1 amide bonds. The second-order valence-electron chi connectivity index (χ2n) is 6.18. The molecule has 1 aromatic heterocycles. The fourth-order valence-corrected chi connectivity index (χ4v) is 3.21. The number of hydrogen-bond donors (Lipinski definition) is 1. The number of nitrogens with zero attached hydrogens (tertiary/aromatic N) is 4. The molecule has 114 valence electrons. The summed E-state index contributed by atoms with van der Waals surface area (Å²) in [5, 5.41) is 3.35. The molecule has 0 aromatic carbocycles. The highest BCUT2D eigenvalue weighted by Crippen LogP contribution is 2.28. The highest BCUT2D eigenvalue weighted by atomic mass is 16.2. The lowest BCUT2D eigenvalue weighted by Crippen LogP contribution is -2.56. The first-order valence-electron chi connectivity index (χ1n) is 7.70. The number of carbonyl (C=O) groups excluding carboxylic acids is 1. The zero-order valence-corrected chi connectivity index (χ0v) is 12.6. The maximum absolute atomic E-state index is 12.8. The molecule has 1 aromatic rings. The van der Waals surface area contributed by atoms with E-state index in [2.05, 4.69) is 27.1 Å². The van der Waals surface area contributed by atoms with Crippen LogP contribution in [0, 0.1) is 5.41 Å². The maximum atomic E-state index is 12.8. The van der Waals surface area contributed by atoms with Crippen molar-refractivity contribution in [1.29, 1.82) is 0 Å². The maximum Gasteiger partial charge on any atom is 0.229 e. The van der Waals surface area contributed by atoms with Gasteiger partial charge < -0.3 is 15.1 Å². The number of hydrogen-bond acceptors (Lipinski definition) is 5. The standard InChI is InChI=1S/C15H23N5O/c1-15(3-2-4-17-12-15)14(21)20-9-7-19(8-10-20)13-11-16-5-6-18-13/h5-6,11,17H,2-4,7-10,12H2,1H3. The minimum Gasteiger partial charge on any atom is -0.352 e. The molecule has 0 radical (unpaired) electrons. The van der Waals surface area contributed by atoms with Gasteiger partial charge >= 0.3 is 0 Å². The Morgan fingerprint density at radius 1 is 1.29 bits per heavy atom. The lowest BCUT2D eigenvalue weighted by Gasteiger charge is -2.41. The van der Waals surface area contributed by atoms with Crippen LogP contribution in [0.4, 0.5) is 5.82 Å². The largest absolute Gasteiger partial charge is 0.352 e. The second kappa shape index (κ2) is 5.97. The van der Waals surface area contributed by atoms with E-state index in [1.807, 2.05) is 4.90 Å². The summed E-state index contributed by atoms with van der Waals surface area (Å²) in [4.78, 5) is 25.4. The first-order chi connectivity index (χ1) is 10.2. The molecule has 0 aliphatic carbocycles. The molecule has 2 fully saturated rings. The summed E-state index contributed by atoms with van der Waals surface area (Å²) in [6, 6.07) is 0. The Morgan fingerprint density at radius 3 is 2.71 bits per heavy atom. The van der Waals surface area contributed by atoms with E-state index in [-0.39, 0.29) is 5.41 Å². The first kappa shape index (κ1) is 14.3. The number of amides is 1. The summed E-state index contributed by atoms with van der Waals surface area (Å²) < 4.78 is 0.